The maximum Gasteiger partial charge on any atom is 0.225 e. The van der Waals surface area contributed by atoms with Crippen LogP contribution in [0, 0.1) is 23.6 Å². The van der Waals surface area contributed by atoms with Crippen LogP contribution in [0.1, 0.15) is 55.6 Å². The van der Waals surface area contributed by atoms with Crippen LogP contribution in [-0.2, 0) is 11.2 Å². The third-order valence-electron chi connectivity index (χ3n) is 8.32. The van der Waals surface area contributed by atoms with Gasteiger partial charge in [-0.1, -0.05) is 55.3 Å². The van der Waals surface area contributed by atoms with E-state index < -0.39 is 0 Å². The molecule has 1 amide bonds. The van der Waals surface area contributed by atoms with Crippen molar-refractivity contribution in [2.75, 3.05) is 32.7 Å². The molecule has 4 heteroatoms. The molecule has 0 N–H and O–H groups in total. The lowest BCUT2D eigenvalue weighted by molar-refractivity contribution is -0.134. The van der Waals surface area contributed by atoms with E-state index in [1.807, 2.05) is 12.1 Å². The van der Waals surface area contributed by atoms with Gasteiger partial charge in [-0.2, -0.15) is 0 Å². The molecule has 0 bridgehead atoms. The molecule has 33 heavy (non-hydrogen) atoms. The number of halogens is 1. The van der Waals surface area contributed by atoms with E-state index in [1.54, 1.807) is 12.1 Å². The molecule has 3 aliphatic rings. The van der Waals surface area contributed by atoms with E-state index in [1.165, 1.54) is 43.2 Å². The Morgan fingerprint density at radius 3 is 2.27 bits per heavy atom. The zero-order valence-electron chi connectivity index (χ0n) is 19.7. The number of carbonyl (C=O) groups excluding carboxylic acids is 1. The molecule has 2 heterocycles. The first-order valence-corrected chi connectivity index (χ1v) is 13.0. The molecule has 2 saturated heterocycles. The minimum atomic E-state index is -0.187. The molecule has 2 aliphatic heterocycles. The smallest absolute Gasteiger partial charge is 0.225 e. The molecule has 0 spiro atoms. The van der Waals surface area contributed by atoms with E-state index in [0.717, 1.165) is 51.5 Å². The van der Waals surface area contributed by atoms with Gasteiger partial charge in [-0.05, 0) is 80.3 Å². The van der Waals surface area contributed by atoms with E-state index in [-0.39, 0.29) is 11.7 Å². The van der Waals surface area contributed by atoms with Crippen molar-refractivity contribution in [1.29, 1.82) is 0 Å². The molecule has 2 aromatic carbocycles. The quantitative estimate of drug-likeness (QED) is 0.582. The van der Waals surface area contributed by atoms with Gasteiger partial charge >= 0.3 is 0 Å². The minimum absolute atomic E-state index is 0.187. The maximum absolute atomic E-state index is 13.6. The lowest BCUT2D eigenvalue weighted by Crippen LogP contribution is -2.39. The largest absolute Gasteiger partial charge is 0.341 e. The second kappa shape index (κ2) is 10.4. The van der Waals surface area contributed by atoms with Gasteiger partial charge in [0.1, 0.15) is 5.82 Å². The van der Waals surface area contributed by atoms with Gasteiger partial charge in [0.25, 0.3) is 0 Å². The second-order valence-electron chi connectivity index (χ2n) is 10.6. The summed E-state index contributed by atoms with van der Waals surface area (Å²) in [6.45, 7) is 4.95. The normalized spacial score (nSPS) is 25.1. The van der Waals surface area contributed by atoms with E-state index in [2.05, 4.69) is 40.1 Å². The van der Waals surface area contributed by atoms with E-state index in [0.29, 0.717) is 17.7 Å². The highest BCUT2D eigenvalue weighted by Crippen LogP contribution is 2.37. The van der Waals surface area contributed by atoms with Crippen molar-refractivity contribution < 1.29 is 9.18 Å². The zero-order chi connectivity index (χ0) is 22.6. The molecule has 2 aromatic rings. The van der Waals surface area contributed by atoms with Crippen molar-refractivity contribution in [3.05, 3.63) is 71.5 Å². The Balaban J connectivity index is 1.22. The summed E-state index contributed by atoms with van der Waals surface area (Å²) < 4.78 is 13.6. The molecule has 1 aliphatic carbocycles. The summed E-state index contributed by atoms with van der Waals surface area (Å²) in [5.74, 6) is 1.90. The number of hydrogen-bond acceptors (Lipinski definition) is 2. The van der Waals surface area contributed by atoms with E-state index in [4.69, 9.17) is 0 Å². The first kappa shape index (κ1) is 22.6. The standard InChI is InChI=1S/C29H37FN2O/c30-27-12-10-24(11-13-27)28-21-32(29(33)25-8-4-5-9-25)20-26(28)19-31-16-14-23(15-17-31)18-22-6-2-1-3-7-22/h1-3,6-7,10-13,23,25-26,28H,4-5,8-9,14-21H2/t26-,28+/m0/s1. The van der Waals surface area contributed by atoms with E-state index >= 15 is 0 Å². The van der Waals surface area contributed by atoms with Crippen LogP contribution in [0.2, 0.25) is 0 Å². The van der Waals surface area contributed by atoms with Crippen LogP contribution in [0.4, 0.5) is 4.39 Å². The Morgan fingerprint density at radius 2 is 1.58 bits per heavy atom. The number of piperidine rings is 1. The van der Waals surface area contributed by atoms with Gasteiger partial charge in [-0.3, -0.25) is 4.79 Å². The molecular weight excluding hydrogens is 411 g/mol. The van der Waals surface area contributed by atoms with Gasteiger partial charge in [-0.25, -0.2) is 4.39 Å². The summed E-state index contributed by atoms with van der Waals surface area (Å²) in [6, 6.07) is 17.9. The fourth-order valence-electron chi connectivity index (χ4n) is 6.41. The zero-order valence-corrected chi connectivity index (χ0v) is 19.7. The number of nitrogens with zero attached hydrogens (tertiary/aromatic N) is 2. The molecular formula is C29H37FN2O. The van der Waals surface area contributed by atoms with Gasteiger partial charge in [0, 0.05) is 31.5 Å². The predicted molar refractivity (Wildman–Crippen MR) is 130 cm³/mol. The van der Waals surface area contributed by atoms with Crippen molar-refractivity contribution in [3.8, 4) is 0 Å². The average molecular weight is 449 g/mol. The molecule has 3 nitrogen and oxygen atoms in total. The SMILES string of the molecule is O=C(C1CCCC1)N1C[C@H](CN2CCC(Cc3ccccc3)CC2)[C@@H](c2ccc(F)cc2)C1. The summed E-state index contributed by atoms with van der Waals surface area (Å²) in [6.07, 6.45) is 8.15. The van der Waals surface area contributed by atoms with Gasteiger partial charge in [-0.15, -0.1) is 0 Å². The third kappa shape index (κ3) is 5.48. The maximum atomic E-state index is 13.6. The summed E-state index contributed by atoms with van der Waals surface area (Å²) in [5, 5.41) is 0. The molecule has 0 aromatic heterocycles. The second-order valence-corrected chi connectivity index (χ2v) is 10.6. The Hall–Kier alpha value is -2.20. The molecule has 1 saturated carbocycles. The lowest BCUT2D eigenvalue weighted by Gasteiger charge is -2.34. The number of carbonyl (C=O) groups is 1. The topological polar surface area (TPSA) is 23.6 Å². The van der Waals surface area contributed by atoms with Gasteiger partial charge in [0.2, 0.25) is 5.91 Å². The first-order valence-electron chi connectivity index (χ1n) is 13.0. The molecule has 3 fully saturated rings. The highest BCUT2D eigenvalue weighted by Gasteiger charge is 2.39. The van der Waals surface area contributed by atoms with Crippen molar-refractivity contribution >= 4 is 5.91 Å². The van der Waals surface area contributed by atoms with Crippen LogP contribution >= 0.6 is 0 Å². The summed E-state index contributed by atoms with van der Waals surface area (Å²) >= 11 is 0. The molecule has 2 atom stereocenters. The third-order valence-corrected chi connectivity index (χ3v) is 8.32. The van der Waals surface area contributed by atoms with Crippen LogP contribution in [-0.4, -0.2) is 48.4 Å². The van der Waals surface area contributed by atoms with Crippen LogP contribution in [0.3, 0.4) is 0 Å². The Labute approximate surface area is 198 Å². The minimum Gasteiger partial charge on any atom is -0.341 e. The number of amides is 1. The van der Waals surface area contributed by atoms with Crippen molar-refractivity contribution in [2.24, 2.45) is 17.8 Å². The van der Waals surface area contributed by atoms with Crippen molar-refractivity contribution in [3.63, 3.8) is 0 Å². The van der Waals surface area contributed by atoms with Crippen LogP contribution in [0.25, 0.3) is 0 Å². The van der Waals surface area contributed by atoms with Gasteiger partial charge < -0.3 is 9.80 Å². The number of hydrogen-bond donors (Lipinski definition) is 0. The first-order chi connectivity index (χ1) is 16.2. The van der Waals surface area contributed by atoms with Crippen LogP contribution in [0.5, 0.6) is 0 Å². The fourth-order valence-corrected chi connectivity index (χ4v) is 6.41. The van der Waals surface area contributed by atoms with Gasteiger partial charge in [0.05, 0.1) is 0 Å². The number of rotatable bonds is 6. The van der Waals surface area contributed by atoms with Crippen LogP contribution < -0.4 is 0 Å². The average Bonchev–Trinajstić information content (AvgIpc) is 3.52. The highest BCUT2D eigenvalue weighted by molar-refractivity contribution is 5.79. The lowest BCUT2D eigenvalue weighted by atomic mass is 9.86. The Kier molecular flexibility index (Phi) is 7.10. The van der Waals surface area contributed by atoms with Gasteiger partial charge in [0.15, 0.2) is 0 Å². The Morgan fingerprint density at radius 1 is 0.879 bits per heavy atom. The molecule has 0 unspecified atom stereocenters. The Bertz CT molecular complexity index is 901. The number of benzene rings is 2. The molecule has 176 valence electrons. The van der Waals surface area contributed by atoms with Crippen molar-refractivity contribution in [2.45, 2.75) is 50.9 Å². The summed E-state index contributed by atoms with van der Waals surface area (Å²) in [4.78, 5) is 17.9. The fraction of sp³-hybridized carbons (Fsp3) is 0.552. The molecule has 0 radical (unpaired) electrons. The highest BCUT2D eigenvalue weighted by atomic mass is 19.1. The molecule has 5 rings (SSSR count). The number of likely N-dealkylation sites (tertiary alicyclic amines) is 2. The summed E-state index contributed by atoms with van der Waals surface area (Å²) in [7, 11) is 0. The van der Waals surface area contributed by atoms with Crippen molar-refractivity contribution in [1.82, 2.24) is 9.80 Å². The van der Waals surface area contributed by atoms with E-state index in [9.17, 15) is 9.18 Å². The summed E-state index contributed by atoms with van der Waals surface area (Å²) in [5.41, 5.74) is 2.63. The monoisotopic (exact) mass is 448 g/mol. The predicted octanol–water partition coefficient (Wildman–Crippen LogP) is 5.51. The van der Waals surface area contributed by atoms with Crippen LogP contribution in [0.15, 0.2) is 54.6 Å².